The molecule has 0 N–H and O–H groups in total. The van der Waals surface area contributed by atoms with Crippen molar-refractivity contribution in [3.63, 3.8) is 0 Å². The predicted molar refractivity (Wildman–Crippen MR) is 77.9 cm³/mol. The number of allylic oxidation sites excluding steroid dienone is 3. The molecule has 0 saturated carbocycles. The van der Waals surface area contributed by atoms with Gasteiger partial charge in [-0.25, -0.2) is 0 Å². The van der Waals surface area contributed by atoms with Gasteiger partial charge < -0.3 is 0 Å². The molecule has 0 saturated heterocycles. The number of carbonyl (C=O) groups is 2. The molecule has 0 unspecified atom stereocenters. The molecule has 1 aromatic carbocycles. The molecule has 19 heavy (non-hydrogen) atoms. The minimum absolute atomic E-state index is 0.0554. The number of aliphatic imine (C=N–C) groups is 1. The Kier molecular flexibility index (Phi) is 5.12. The second kappa shape index (κ2) is 6.59. The molecular weight excluding hydrogens is 238 g/mol. The number of benzene rings is 1. The highest BCUT2D eigenvalue weighted by atomic mass is 16.1. The quantitative estimate of drug-likeness (QED) is 0.351. The Morgan fingerprint density at radius 2 is 2.00 bits per heavy atom. The van der Waals surface area contributed by atoms with E-state index in [4.69, 9.17) is 0 Å². The molecule has 0 heterocycles. The maximum Gasteiger partial charge on any atom is 0.160 e. The van der Waals surface area contributed by atoms with E-state index in [1.165, 1.54) is 6.92 Å². The normalized spacial score (nSPS) is 12.2. The summed E-state index contributed by atoms with van der Waals surface area (Å²) in [7, 11) is 1.65. The van der Waals surface area contributed by atoms with E-state index < -0.39 is 0 Å². The Hall–Kier alpha value is -2.29. The van der Waals surface area contributed by atoms with E-state index in [0.29, 0.717) is 22.4 Å². The largest absolute Gasteiger partial charge is 0.298 e. The summed E-state index contributed by atoms with van der Waals surface area (Å²) in [6.07, 6.45) is 2.49. The topological polar surface area (TPSA) is 46.5 Å². The van der Waals surface area contributed by atoms with Crippen molar-refractivity contribution in [2.75, 3.05) is 7.05 Å². The summed E-state index contributed by atoms with van der Waals surface area (Å²) in [5.41, 5.74) is 3.26. The highest BCUT2D eigenvalue weighted by molar-refractivity contribution is 6.14. The fourth-order valence-electron chi connectivity index (χ4n) is 1.71. The van der Waals surface area contributed by atoms with Gasteiger partial charge in [-0.15, -0.1) is 0 Å². The van der Waals surface area contributed by atoms with E-state index in [-0.39, 0.29) is 5.78 Å². The Balaban J connectivity index is 3.28. The van der Waals surface area contributed by atoms with Crippen LogP contribution < -0.4 is 0 Å². The van der Waals surface area contributed by atoms with Crippen LogP contribution in [0, 0.1) is 0 Å². The number of hydrogen-bond donors (Lipinski definition) is 0. The smallest absolute Gasteiger partial charge is 0.160 e. The molecule has 3 nitrogen and oxygen atoms in total. The average molecular weight is 255 g/mol. The van der Waals surface area contributed by atoms with Crippen molar-refractivity contribution in [3.8, 4) is 0 Å². The number of nitrogens with zero attached hydrogens (tertiary/aromatic N) is 1. The third-order valence-corrected chi connectivity index (χ3v) is 2.68. The molecule has 0 aromatic heterocycles. The molecule has 0 aliphatic carbocycles. The lowest BCUT2D eigenvalue weighted by Crippen LogP contribution is -2.04. The molecule has 98 valence electrons. The van der Waals surface area contributed by atoms with Crippen molar-refractivity contribution in [2.45, 2.75) is 13.8 Å². The molecule has 0 atom stereocenters. The van der Waals surface area contributed by atoms with E-state index in [0.717, 1.165) is 11.8 Å². The molecule has 0 aliphatic rings. The highest BCUT2D eigenvalue weighted by Crippen LogP contribution is 2.12. The van der Waals surface area contributed by atoms with Gasteiger partial charge in [0.2, 0.25) is 0 Å². The maximum absolute atomic E-state index is 11.6. The Morgan fingerprint density at radius 1 is 1.32 bits per heavy atom. The number of ketones is 1. The zero-order valence-electron chi connectivity index (χ0n) is 11.4. The van der Waals surface area contributed by atoms with Gasteiger partial charge in [0, 0.05) is 23.7 Å². The van der Waals surface area contributed by atoms with Gasteiger partial charge in [0.15, 0.2) is 5.78 Å². The first-order valence-corrected chi connectivity index (χ1v) is 5.90. The summed E-state index contributed by atoms with van der Waals surface area (Å²) in [4.78, 5) is 26.5. The summed E-state index contributed by atoms with van der Waals surface area (Å²) in [5, 5.41) is 0. The van der Waals surface area contributed by atoms with Crippen molar-refractivity contribution in [3.05, 3.63) is 59.2 Å². The lowest BCUT2D eigenvalue weighted by atomic mass is 10.00. The second-order valence-corrected chi connectivity index (χ2v) is 4.25. The molecule has 0 amide bonds. The van der Waals surface area contributed by atoms with Crippen molar-refractivity contribution in [2.24, 2.45) is 4.99 Å². The zero-order valence-corrected chi connectivity index (χ0v) is 11.4. The van der Waals surface area contributed by atoms with Crippen LogP contribution in [0.5, 0.6) is 0 Å². The maximum atomic E-state index is 11.6. The summed E-state index contributed by atoms with van der Waals surface area (Å²) in [6.45, 7) is 7.07. The van der Waals surface area contributed by atoms with Crippen molar-refractivity contribution in [1.82, 2.24) is 0 Å². The van der Waals surface area contributed by atoms with Crippen molar-refractivity contribution >= 4 is 17.8 Å². The standard InChI is InChI=1S/C16H17NO2/c1-11(2)15(12(3)19)9-16(17-4)14-7-5-6-13(8-14)10-18/h5-10H,1H2,2-4H3/b15-9-,17-16?. The molecule has 1 aromatic rings. The molecule has 0 spiro atoms. The van der Waals surface area contributed by atoms with Crippen LogP contribution in [-0.2, 0) is 4.79 Å². The van der Waals surface area contributed by atoms with Crippen LogP contribution in [0.3, 0.4) is 0 Å². The SMILES string of the molecule is C=C(C)/C(=C/C(=NC)c1cccc(C=O)c1)C(C)=O. The first-order valence-electron chi connectivity index (χ1n) is 5.90. The lowest BCUT2D eigenvalue weighted by molar-refractivity contribution is -0.113. The van der Waals surface area contributed by atoms with Crippen molar-refractivity contribution in [1.29, 1.82) is 0 Å². The minimum Gasteiger partial charge on any atom is -0.298 e. The number of rotatable bonds is 5. The van der Waals surface area contributed by atoms with Gasteiger partial charge in [0.05, 0.1) is 5.71 Å². The fourth-order valence-corrected chi connectivity index (χ4v) is 1.71. The van der Waals surface area contributed by atoms with E-state index in [1.54, 1.807) is 38.2 Å². The van der Waals surface area contributed by atoms with Gasteiger partial charge in [-0.05, 0) is 31.6 Å². The molecular formula is C16H17NO2. The van der Waals surface area contributed by atoms with Crippen LogP contribution in [0.15, 0.2) is 53.1 Å². The summed E-state index contributed by atoms with van der Waals surface area (Å²) in [5.74, 6) is -0.0554. The number of hydrogen-bond acceptors (Lipinski definition) is 3. The molecule has 1 rings (SSSR count). The van der Waals surface area contributed by atoms with E-state index in [1.807, 2.05) is 6.07 Å². The van der Waals surface area contributed by atoms with Crippen molar-refractivity contribution < 1.29 is 9.59 Å². The summed E-state index contributed by atoms with van der Waals surface area (Å²) >= 11 is 0. The monoisotopic (exact) mass is 255 g/mol. The van der Waals surface area contributed by atoms with Crippen LogP contribution in [0.4, 0.5) is 0 Å². The van der Waals surface area contributed by atoms with Gasteiger partial charge in [-0.3, -0.25) is 14.6 Å². The third-order valence-electron chi connectivity index (χ3n) is 2.68. The molecule has 0 fully saturated rings. The molecule has 0 aliphatic heterocycles. The van der Waals surface area contributed by atoms with Crippen LogP contribution in [0.2, 0.25) is 0 Å². The highest BCUT2D eigenvalue weighted by Gasteiger charge is 2.08. The average Bonchev–Trinajstić information content (AvgIpc) is 2.39. The fraction of sp³-hybridized carbons (Fsp3) is 0.188. The van der Waals surface area contributed by atoms with Crippen LogP contribution in [0.1, 0.15) is 29.8 Å². The Bertz CT molecular complexity index is 564. The minimum atomic E-state index is -0.0554. The third kappa shape index (κ3) is 3.85. The number of Topliss-reactive ketones (excluding diaryl/α,β-unsaturated/α-hetero) is 1. The van der Waals surface area contributed by atoms with Gasteiger partial charge >= 0.3 is 0 Å². The second-order valence-electron chi connectivity index (χ2n) is 4.25. The Morgan fingerprint density at radius 3 is 2.47 bits per heavy atom. The van der Waals surface area contributed by atoms with Crippen LogP contribution >= 0.6 is 0 Å². The summed E-state index contributed by atoms with van der Waals surface area (Å²) in [6, 6.07) is 7.09. The summed E-state index contributed by atoms with van der Waals surface area (Å²) < 4.78 is 0. The lowest BCUT2D eigenvalue weighted by Gasteiger charge is -2.06. The molecule has 3 heteroatoms. The predicted octanol–water partition coefficient (Wildman–Crippen LogP) is 3.01. The molecule has 0 radical (unpaired) electrons. The van der Waals surface area contributed by atoms with Crippen LogP contribution in [-0.4, -0.2) is 24.8 Å². The van der Waals surface area contributed by atoms with Gasteiger partial charge in [0.1, 0.15) is 6.29 Å². The number of aldehydes is 1. The molecule has 0 bridgehead atoms. The van der Waals surface area contributed by atoms with Gasteiger partial charge in [0.25, 0.3) is 0 Å². The first kappa shape index (κ1) is 14.8. The van der Waals surface area contributed by atoms with E-state index in [9.17, 15) is 9.59 Å². The Labute approximate surface area is 113 Å². The van der Waals surface area contributed by atoms with E-state index in [2.05, 4.69) is 11.6 Å². The first-order chi connectivity index (χ1) is 8.99. The van der Waals surface area contributed by atoms with E-state index >= 15 is 0 Å². The zero-order chi connectivity index (χ0) is 14.4. The number of carbonyl (C=O) groups excluding carboxylic acids is 2. The van der Waals surface area contributed by atoms with Gasteiger partial charge in [-0.2, -0.15) is 0 Å². The van der Waals surface area contributed by atoms with Crippen LogP contribution in [0.25, 0.3) is 0 Å². The van der Waals surface area contributed by atoms with Gasteiger partial charge in [-0.1, -0.05) is 24.8 Å².